The van der Waals surface area contributed by atoms with Crippen molar-refractivity contribution in [1.29, 1.82) is 0 Å². The van der Waals surface area contributed by atoms with Crippen molar-refractivity contribution in [1.82, 2.24) is 29.4 Å². The van der Waals surface area contributed by atoms with Gasteiger partial charge in [-0.1, -0.05) is 35.9 Å². The molecule has 5 aromatic rings. The molecule has 3 aromatic heterocycles. The van der Waals surface area contributed by atoms with E-state index in [2.05, 4.69) is 20.3 Å². The second-order valence-electron chi connectivity index (χ2n) is 10.2. The Hall–Kier alpha value is -4.17. The standard InChI is InChI=1S/C30H29ClN6O2/c1-19-25(16-22(31)17-34-19)29(38)35-23-11-9-20(10-12-23)18-36-26-7-2-3-8-27(26)37(30(36)39)24-6-4-5-21(15-24)28-32-13-14-33-28/h2-8,13-17,20,23H,9-12,18H2,1H3,(H,32,33)(H,35,38). The molecular formula is C30H29ClN6O2. The van der Waals surface area contributed by atoms with E-state index in [4.69, 9.17) is 11.6 Å². The van der Waals surface area contributed by atoms with E-state index in [1.807, 2.05) is 60.0 Å². The van der Waals surface area contributed by atoms with E-state index in [1.165, 1.54) is 0 Å². The second-order valence-corrected chi connectivity index (χ2v) is 10.6. The Labute approximate surface area is 230 Å². The van der Waals surface area contributed by atoms with Crippen molar-refractivity contribution in [2.75, 3.05) is 0 Å². The molecule has 39 heavy (non-hydrogen) atoms. The van der Waals surface area contributed by atoms with E-state index in [0.29, 0.717) is 28.7 Å². The Morgan fingerprint density at radius 2 is 1.85 bits per heavy atom. The van der Waals surface area contributed by atoms with Crippen molar-refractivity contribution < 1.29 is 4.79 Å². The Kier molecular flexibility index (Phi) is 6.79. The van der Waals surface area contributed by atoms with Gasteiger partial charge in [0.25, 0.3) is 5.91 Å². The number of rotatable bonds is 6. The van der Waals surface area contributed by atoms with E-state index in [1.54, 1.807) is 29.2 Å². The zero-order valence-corrected chi connectivity index (χ0v) is 22.4. The van der Waals surface area contributed by atoms with Crippen LogP contribution >= 0.6 is 11.6 Å². The van der Waals surface area contributed by atoms with Crippen LogP contribution in [0.2, 0.25) is 5.02 Å². The summed E-state index contributed by atoms with van der Waals surface area (Å²) in [5.41, 5.74) is 4.66. The van der Waals surface area contributed by atoms with Gasteiger partial charge in [-0.25, -0.2) is 9.78 Å². The molecule has 0 atom stereocenters. The van der Waals surface area contributed by atoms with E-state index in [0.717, 1.165) is 53.8 Å². The number of nitrogens with one attached hydrogen (secondary N) is 2. The minimum absolute atomic E-state index is 0.0489. The summed E-state index contributed by atoms with van der Waals surface area (Å²) >= 11 is 6.05. The van der Waals surface area contributed by atoms with Gasteiger partial charge in [-0.05, 0) is 68.9 Å². The van der Waals surface area contributed by atoms with Crippen LogP contribution in [0.5, 0.6) is 0 Å². The van der Waals surface area contributed by atoms with Crippen LogP contribution < -0.4 is 11.0 Å². The molecule has 1 amide bonds. The van der Waals surface area contributed by atoms with Crippen LogP contribution in [0.15, 0.2) is 78.0 Å². The van der Waals surface area contributed by atoms with Crippen LogP contribution in [-0.2, 0) is 6.54 Å². The van der Waals surface area contributed by atoms with Crippen LogP contribution in [0.25, 0.3) is 28.1 Å². The average Bonchev–Trinajstić information content (AvgIpc) is 3.58. The molecule has 1 aliphatic carbocycles. The number of nitrogens with zero attached hydrogens (tertiary/aromatic N) is 4. The highest BCUT2D eigenvalue weighted by Gasteiger charge is 2.25. The van der Waals surface area contributed by atoms with Crippen LogP contribution in [0.1, 0.15) is 41.7 Å². The van der Waals surface area contributed by atoms with Crippen LogP contribution in [0, 0.1) is 12.8 Å². The van der Waals surface area contributed by atoms with Gasteiger partial charge in [-0.15, -0.1) is 0 Å². The fraction of sp³-hybridized carbons (Fsp3) is 0.267. The number of amides is 1. The second kappa shape index (κ2) is 10.5. The Morgan fingerprint density at radius 3 is 2.62 bits per heavy atom. The number of para-hydroxylation sites is 2. The Bertz CT molecular complexity index is 1700. The average molecular weight is 541 g/mol. The van der Waals surface area contributed by atoms with Crippen molar-refractivity contribution in [3.05, 3.63) is 100.0 Å². The number of H-pyrrole nitrogens is 1. The molecule has 1 saturated carbocycles. The third-order valence-electron chi connectivity index (χ3n) is 7.63. The SMILES string of the molecule is Cc1ncc(Cl)cc1C(=O)NC1CCC(Cn2c(=O)n(-c3cccc(-c4ncc[nH]4)c3)c3ccccc32)CC1. The summed E-state index contributed by atoms with van der Waals surface area (Å²) in [6.07, 6.45) is 8.64. The number of pyridine rings is 1. The van der Waals surface area contributed by atoms with Crippen molar-refractivity contribution in [2.45, 2.75) is 45.2 Å². The number of aryl methyl sites for hydroxylation is 1. The lowest BCUT2D eigenvalue weighted by Gasteiger charge is -2.29. The molecule has 0 aliphatic heterocycles. The van der Waals surface area contributed by atoms with Gasteiger partial charge < -0.3 is 10.3 Å². The number of hydrogen-bond donors (Lipinski definition) is 2. The van der Waals surface area contributed by atoms with Gasteiger partial charge in [0.15, 0.2) is 0 Å². The molecule has 1 fully saturated rings. The first-order chi connectivity index (χ1) is 19.0. The fourth-order valence-electron chi connectivity index (χ4n) is 5.60. The van der Waals surface area contributed by atoms with Gasteiger partial charge in [0.1, 0.15) is 5.82 Å². The molecule has 3 heterocycles. The molecule has 6 rings (SSSR count). The number of halogens is 1. The van der Waals surface area contributed by atoms with Gasteiger partial charge in [-0.3, -0.25) is 18.9 Å². The fourth-order valence-corrected chi connectivity index (χ4v) is 5.76. The quantitative estimate of drug-likeness (QED) is 0.296. The minimum Gasteiger partial charge on any atom is -0.349 e. The maximum Gasteiger partial charge on any atom is 0.333 e. The number of aromatic amines is 1. The Morgan fingerprint density at radius 1 is 1.05 bits per heavy atom. The molecule has 0 unspecified atom stereocenters. The number of hydrogen-bond acceptors (Lipinski definition) is 4. The molecule has 0 spiro atoms. The molecule has 8 nitrogen and oxygen atoms in total. The van der Waals surface area contributed by atoms with Crippen LogP contribution in [0.4, 0.5) is 0 Å². The maximum absolute atomic E-state index is 13.8. The van der Waals surface area contributed by atoms with E-state index < -0.39 is 0 Å². The first-order valence-corrected chi connectivity index (χ1v) is 13.6. The summed E-state index contributed by atoms with van der Waals surface area (Å²) in [7, 11) is 0. The summed E-state index contributed by atoms with van der Waals surface area (Å²) in [6, 6.07) is 17.6. The molecular weight excluding hydrogens is 512 g/mol. The summed E-state index contributed by atoms with van der Waals surface area (Å²) in [6.45, 7) is 2.45. The Balaban J connectivity index is 1.20. The zero-order valence-electron chi connectivity index (χ0n) is 21.6. The lowest BCUT2D eigenvalue weighted by atomic mass is 9.85. The predicted octanol–water partition coefficient (Wildman–Crippen LogP) is 5.53. The third kappa shape index (κ3) is 5.00. The third-order valence-corrected chi connectivity index (χ3v) is 7.84. The topological polar surface area (TPSA) is 97.6 Å². The normalized spacial score (nSPS) is 17.4. The smallest absolute Gasteiger partial charge is 0.333 e. The van der Waals surface area contributed by atoms with E-state index >= 15 is 0 Å². The predicted molar refractivity (Wildman–Crippen MR) is 152 cm³/mol. The minimum atomic E-state index is -0.137. The van der Waals surface area contributed by atoms with Crippen LogP contribution in [0.3, 0.4) is 0 Å². The lowest BCUT2D eigenvalue weighted by Crippen LogP contribution is -2.39. The molecule has 0 radical (unpaired) electrons. The molecule has 0 saturated heterocycles. The van der Waals surface area contributed by atoms with Crippen molar-refractivity contribution in [3.63, 3.8) is 0 Å². The first kappa shape index (κ1) is 25.1. The van der Waals surface area contributed by atoms with Gasteiger partial charge in [0, 0.05) is 36.7 Å². The summed E-state index contributed by atoms with van der Waals surface area (Å²) in [5, 5.41) is 3.60. The lowest BCUT2D eigenvalue weighted by molar-refractivity contribution is 0.0919. The monoisotopic (exact) mass is 540 g/mol. The highest BCUT2D eigenvalue weighted by atomic mass is 35.5. The molecule has 2 aromatic carbocycles. The van der Waals surface area contributed by atoms with E-state index in [9.17, 15) is 9.59 Å². The van der Waals surface area contributed by atoms with Crippen molar-refractivity contribution >= 4 is 28.5 Å². The number of benzene rings is 2. The maximum atomic E-state index is 13.8. The number of imidazole rings is 2. The number of carbonyl (C=O) groups excluding carboxylic acids is 1. The first-order valence-electron chi connectivity index (χ1n) is 13.2. The molecule has 9 heteroatoms. The number of carbonyl (C=O) groups is 1. The molecule has 1 aliphatic rings. The molecule has 2 N–H and O–H groups in total. The number of aromatic nitrogens is 5. The highest BCUT2D eigenvalue weighted by molar-refractivity contribution is 6.30. The van der Waals surface area contributed by atoms with Crippen LogP contribution in [-0.4, -0.2) is 36.0 Å². The van der Waals surface area contributed by atoms with Gasteiger partial charge in [0.2, 0.25) is 0 Å². The van der Waals surface area contributed by atoms with E-state index in [-0.39, 0.29) is 17.6 Å². The van der Waals surface area contributed by atoms with Crippen molar-refractivity contribution in [2.24, 2.45) is 5.92 Å². The summed E-state index contributed by atoms with van der Waals surface area (Å²) in [4.78, 5) is 38.3. The zero-order chi connectivity index (χ0) is 26.9. The summed E-state index contributed by atoms with van der Waals surface area (Å²) in [5.74, 6) is 0.973. The largest absolute Gasteiger partial charge is 0.349 e. The highest BCUT2D eigenvalue weighted by Crippen LogP contribution is 2.28. The molecule has 198 valence electrons. The molecule has 0 bridgehead atoms. The number of fused-ring (bicyclic) bond motifs is 1. The van der Waals surface area contributed by atoms with Gasteiger partial charge in [-0.2, -0.15) is 0 Å². The van der Waals surface area contributed by atoms with Gasteiger partial charge >= 0.3 is 5.69 Å². The van der Waals surface area contributed by atoms with Gasteiger partial charge in [0.05, 0.1) is 33.0 Å². The van der Waals surface area contributed by atoms with Crippen molar-refractivity contribution in [3.8, 4) is 17.1 Å². The summed E-state index contributed by atoms with van der Waals surface area (Å²) < 4.78 is 3.69.